The summed E-state index contributed by atoms with van der Waals surface area (Å²) in [7, 11) is 0. The number of nitrogens with one attached hydrogen (secondary N) is 1. The second kappa shape index (κ2) is 3.10. The molecule has 5 nitrogen and oxygen atoms in total. The first-order valence-electron chi connectivity index (χ1n) is 4.19. The first-order valence-corrected chi connectivity index (χ1v) is 4.19. The van der Waals surface area contributed by atoms with E-state index in [9.17, 15) is 4.79 Å². The molecule has 1 aromatic heterocycles. The van der Waals surface area contributed by atoms with Crippen LogP contribution in [-0.2, 0) is 6.67 Å². The van der Waals surface area contributed by atoms with E-state index < -0.39 is 0 Å². The summed E-state index contributed by atoms with van der Waals surface area (Å²) in [6.45, 7) is 2.79. The van der Waals surface area contributed by atoms with Crippen molar-refractivity contribution in [3.63, 3.8) is 0 Å². The van der Waals surface area contributed by atoms with Gasteiger partial charge >= 0.3 is 5.69 Å². The van der Waals surface area contributed by atoms with Gasteiger partial charge in [-0.05, 0) is 25.9 Å². The summed E-state index contributed by atoms with van der Waals surface area (Å²) < 4.78 is 1.45. The lowest BCUT2D eigenvalue weighted by molar-refractivity contribution is 0.251. The summed E-state index contributed by atoms with van der Waals surface area (Å²) in [5.41, 5.74) is -0.123. The Labute approximate surface area is 70.0 Å². The molecule has 5 heteroatoms. The summed E-state index contributed by atoms with van der Waals surface area (Å²) in [6, 6.07) is 0. The van der Waals surface area contributed by atoms with Crippen molar-refractivity contribution < 1.29 is 0 Å². The van der Waals surface area contributed by atoms with Gasteiger partial charge in [-0.1, -0.05) is 0 Å². The van der Waals surface area contributed by atoms with Gasteiger partial charge in [0, 0.05) is 0 Å². The highest BCUT2D eigenvalue weighted by Crippen LogP contribution is 2.06. The lowest BCUT2D eigenvalue weighted by atomic mass is 10.4. The van der Waals surface area contributed by atoms with Crippen LogP contribution in [0.2, 0.25) is 0 Å². The maximum Gasteiger partial charge on any atom is 0.344 e. The normalized spacial score (nSPS) is 18.7. The third-order valence-electron chi connectivity index (χ3n) is 2.15. The number of hydrogen-bond donors (Lipinski definition) is 1. The smallest absolute Gasteiger partial charge is 0.295 e. The minimum Gasteiger partial charge on any atom is -0.295 e. The van der Waals surface area contributed by atoms with Crippen molar-refractivity contribution >= 4 is 0 Å². The molecule has 0 bridgehead atoms. The van der Waals surface area contributed by atoms with Crippen LogP contribution in [0.4, 0.5) is 0 Å². The van der Waals surface area contributed by atoms with Crippen LogP contribution in [0.5, 0.6) is 0 Å². The maximum atomic E-state index is 11.0. The van der Waals surface area contributed by atoms with Crippen LogP contribution >= 0.6 is 0 Å². The van der Waals surface area contributed by atoms with Crippen LogP contribution in [0.15, 0.2) is 11.1 Å². The molecule has 1 aliphatic rings. The van der Waals surface area contributed by atoms with Gasteiger partial charge in [0.1, 0.15) is 6.33 Å². The van der Waals surface area contributed by atoms with E-state index in [-0.39, 0.29) is 5.69 Å². The van der Waals surface area contributed by atoms with Gasteiger partial charge in [-0.15, -0.1) is 0 Å². The molecule has 1 aliphatic heterocycles. The van der Waals surface area contributed by atoms with Crippen molar-refractivity contribution in [2.24, 2.45) is 0 Å². The molecule has 0 radical (unpaired) electrons. The summed E-state index contributed by atoms with van der Waals surface area (Å²) >= 11 is 0. The second-order valence-electron chi connectivity index (χ2n) is 3.06. The zero-order valence-corrected chi connectivity index (χ0v) is 6.86. The van der Waals surface area contributed by atoms with Crippen molar-refractivity contribution in [3.8, 4) is 0 Å². The first kappa shape index (κ1) is 7.54. The van der Waals surface area contributed by atoms with Crippen LogP contribution in [0.1, 0.15) is 12.8 Å². The molecular weight excluding hydrogens is 156 g/mol. The quantitative estimate of drug-likeness (QED) is 0.655. The third kappa shape index (κ3) is 1.40. The number of rotatable bonds is 2. The van der Waals surface area contributed by atoms with Crippen molar-refractivity contribution in [3.05, 3.63) is 16.8 Å². The van der Waals surface area contributed by atoms with E-state index in [1.165, 1.54) is 23.9 Å². The lowest BCUT2D eigenvalue weighted by Crippen LogP contribution is -2.29. The van der Waals surface area contributed by atoms with Gasteiger partial charge in [0.2, 0.25) is 0 Å². The van der Waals surface area contributed by atoms with Crippen molar-refractivity contribution in [2.75, 3.05) is 13.1 Å². The van der Waals surface area contributed by atoms with Gasteiger partial charge < -0.3 is 0 Å². The Morgan fingerprint density at radius 2 is 2.25 bits per heavy atom. The largest absolute Gasteiger partial charge is 0.344 e. The van der Waals surface area contributed by atoms with E-state index in [0.717, 1.165) is 13.1 Å². The molecule has 0 amide bonds. The molecule has 2 heterocycles. The molecule has 0 aromatic carbocycles. The Morgan fingerprint density at radius 3 is 2.83 bits per heavy atom. The summed E-state index contributed by atoms with van der Waals surface area (Å²) in [5.74, 6) is 0. The Bertz CT molecular complexity index is 296. The van der Waals surface area contributed by atoms with Gasteiger partial charge in [-0.25, -0.2) is 4.79 Å². The first-order chi connectivity index (χ1) is 5.86. The standard InChI is InChI=1S/C7H12N4O/c12-7-8-5-9-11(7)6-10-3-1-2-4-10/h5H,1-4,6H2,(H,8,9,12). The van der Waals surface area contributed by atoms with Gasteiger partial charge in [-0.2, -0.15) is 9.78 Å². The van der Waals surface area contributed by atoms with Crippen molar-refractivity contribution in [1.29, 1.82) is 0 Å². The van der Waals surface area contributed by atoms with E-state index in [1.807, 2.05) is 0 Å². The van der Waals surface area contributed by atoms with Gasteiger partial charge in [0.05, 0.1) is 6.67 Å². The van der Waals surface area contributed by atoms with Crippen LogP contribution < -0.4 is 5.69 Å². The molecule has 1 aromatic rings. The highest BCUT2D eigenvalue weighted by atomic mass is 16.1. The number of nitrogens with zero attached hydrogens (tertiary/aromatic N) is 3. The molecule has 0 aliphatic carbocycles. The predicted molar refractivity (Wildman–Crippen MR) is 43.7 cm³/mol. The van der Waals surface area contributed by atoms with E-state index in [0.29, 0.717) is 6.67 Å². The fourth-order valence-corrected chi connectivity index (χ4v) is 1.49. The highest BCUT2D eigenvalue weighted by Gasteiger charge is 2.12. The fraction of sp³-hybridized carbons (Fsp3) is 0.714. The number of likely N-dealkylation sites (tertiary alicyclic amines) is 1. The average molecular weight is 168 g/mol. The van der Waals surface area contributed by atoms with E-state index >= 15 is 0 Å². The Kier molecular flexibility index (Phi) is 1.95. The lowest BCUT2D eigenvalue weighted by Gasteiger charge is -2.12. The average Bonchev–Trinajstić information content (AvgIpc) is 2.65. The summed E-state index contributed by atoms with van der Waals surface area (Å²) in [5, 5.41) is 3.89. The molecule has 0 spiro atoms. The molecule has 66 valence electrons. The van der Waals surface area contributed by atoms with Crippen LogP contribution in [0.3, 0.4) is 0 Å². The fourth-order valence-electron chi connectivity index (χ4n) is 1.49. The van der Waals surface area contributed by atoms with Crippen LogP contribution in [0, 0.1) is 0 Å². The Hall–Kier alpha value is -1.10. The number of H-pyrrole nitrogens is 1. The number of hydrogen-bond acceptors (Lipinski definition) is 3. The molecule has 1 N–H and O–H groups in total. The summed E-state index contributed by atoms with van der Waals surface area (Å²) in [4.78, 5) is 15.8. The van der Waals surface area contributed by atoms with Gasteiger partial charge in [-0.3, -0.25) is 9.88 Å². The number of aromatic nitrogens is 3. The molecule has 0 saturated carbocycles. The zero-order chi connectivity index (χ0) is 8.39. The number of aromatic amines is 1. The van der Waals surface area contributed by atoms with E-state index in [4.69, 9.17) is 0 Å². The highest BCUT2D eigenvalue weighted by molar-refractivity contribution is 4.65. The Balaban J connectivity index is 2.03. The molecule has 0 atom stereocenters. The van der Waals surface area contributed by atoms with Gasteiger partial charge in [0.25, 0.3) is 0 Å². The predicted octanol–water partition coefficient (Wildman–Crippen LogP) is -0.375. The monoisotopic (exact) mass is 168 g/mol. The minimum absolute atomic E-state index is 0.123. The maximum absolute atomic E-state index is 11.0. The van der Waals surface area contributed by atoms with Crippen molar-refractivity contribution in [1.82, 2.24) is 19.7 Å². The van der Waals surface area contributed by atoms with E-state index in [2.05, 4.69) is 15.0 Å². The second-order valence-corrected chi connectivity index (χ2v) is 3.06. The van der Waals surface area contributed by atoms with Crippen LogP contribution in [0.25, 0.3) is 0 Å². The zero-order valence-electron chi connectivity index (χ0n) is 6.86. The van der Waals surface area contributed by atoms with E-state index in [1.54, 1.807) is 0 Å². The molecular formula is C7H12N4O. The molecule has 1 saturated heterocycles. The molecule has 0 unspecified atom stereocenters. The molecule has 1 fully saturated rings. The Morgan fingerprint density at radius 1 is 1.50 bits per heavy atom. The minimum atomic E-state index is -0.123. The third-order valence-corrected chi connectivity index (χ3v) is 2.15. The molecule has 2 rings (SSSR count). The SMILES string of the molecule is O=c1[nH]cnn1CN1CCCC1. The van der Waals surface area contributed by atoms with Crippen LogP contribution in [-0.4, -0.2) is 32.8 Å². The van der Waals surface area contributed by atoms with Crippen molar-refractivity contribution in [2.45, 2.75) is 19.5 Å². The topological polar surface area (TPSA) is 53.9 Å². The summed E-state index contributed by atoms with van der Waals surface area (Å²) in [6.07, 6.45) is 3.90. The van der Waals surface area contributed by atoms with Gasteiger partial charge in [0.15, 0.2) is 0 Å². The molecule has 12 heavy (non-hydrogen) atoms.